The van der Waals surface area contributed by atoms with Gasteiger partial charge in [0.2, 0.25) is 5.91 Å². The summed E-state index contributed by atoms with van der Waals surface area (Å²) in [5.41, 5.74) is 0.355. The van der Waals surface area contributed by atoms with Crippen molar-refractivity contribution in [1.29, 1.82) is 0 Å². The van der Waals surface area contributed by atoms with Gasteiger partial charge in [0.15, 0.2) is 0 Å². The molecular weight excluding hydrogens is 491 g/mol. The number of likely N-dealkylation sites (N-methyl/N-ethyl adjacent to an activating group) is 1. The first-order valence-electron chi connectivity index (χ1n) is 12.8. The molecule has 1 aromatic carbocycles. The summed E-state index contributed by atoms with van der Waals surface area (Å²) in [5.74, 6) is -0.973. The summed E-state index contributed by atoms with van der Waals surface area (Å²) in [7, 11) is 1.83. The summed E-state index contributed by atoms with van der Waals surface area (Å²) in [6.07, 6.45) is -4.31. The van der Waals surface area contributed by atoms with E-state index in [1.807, 2.05) is 20.9 Å². The second-order valence-electron chi connectivity index (χ2n) is 9.73. The van der Waals surface area contributed by atoms with Crippen LogP contribution in [0.15, 0.2) is 18.2 Å². The van der Waals surface area contributed by atoms with Gasteiger partial charge in [-0.15, -0.1) is 0 Å². The van der Waals surface area contributed by atoms with Crippen LogP contribution >= 0.6 is 0 Å². The van der Waals surface area contributed by atoms with Crippen LogP contribution in [0.4, 0.5) is 18.9 Å². The lowest BCUT2D eigenvalue weighted by atomic mass is 10.0. The molecule has 3 N–H and O–H groups in total. The van der Waals surface area contributed by atoms with E-state index in [0.29, 0.717) is 25.4 Å². The highest BCUT2D eigenvalue weighted by Crippen LogP contribution is 2.29. The number of ether oxygens (including phenoxy) is 2. The van der Waals surface area contributed by atoms with Crippen LogP contribution in [0.3, 0.4) is 0 Å². The molecule has 0 spiro atoms. The van der Waals surface area contributed by atoms with Gasteiger partial charge in [-0.1, -0.05) is 6.92 Å². The maximum Gasteiger partial charge on any atom is 0.389 e. The number of hydrogen-bond donors (Lipinski definition) is 3. The topological polar surface area (TPSA) is 100 Å². The van der Waals surface area contributed by atoms with Gasteiger partial charge in [-0.05, 0) is 58.4 Å². The van der Waals surface area contributed by atoms with Gasteiger partial charge in [0.1, 0.15) is 5.75 Å². The molecule has 0 aliphatic carbocycles. The zero-order chi connectivity index (χ0) is 27.6. The molecule has 11 heteroatoms. The van der Waals surface area contributed by atoms with Crippen molar-refractivity contribution >= 4 is 17.5 Å². The largest absolute Gasteiger partial charge is 0.490 e. The van der Waals surface area contributed by atoms with Crippen LogP contribution in [0, 0.1) is 5.92 Å². The number of anilines is 1. The third-order valence-electron chi connectivity index (χ3n) is 6.38. The zero-order valence-corrected chi connectivity index (χ0v) is 22.1. The molecule has 0 saturated heterocycles. The first kappa shape index (κ1) is 30.9. The molecule has 0 unspecified atom stereocenters. The van der Waals surface area contributed by atoms with Gasteiger partial charge in [0.05, 0.1) is 36.8 Å². The van der Waals surface area contributed by atoms with Crippen molar-refractivity contribution in [2.24, 2.45) is 5.92 Å². The van der Waals surface area contributed by atoms with Gasteiger partial charge < -0.3 is 30.1 Å². The quantitative estimate of drug-likeness (QED) is 0.492. The molecule has 0 bridgehead atoms. The van der Waals surface area contributed by atoms with Crippen molar-refractivity contribution in [3.63, 3.8) is 0 Å². The van der Waals surface area contributed by atoms with E-state index in [0.717, 1.165) is 19.3 Å². The Balaban J connectivity index is 2.42. The van der Waals surface area contributed by atoms with E-state index < -0.39 is 36.9 Å². The fraction of sp³-hybridized carbons (Fsp3) is 0.692. The van der Waals surface area contributed by atoms with E-state index in [1.165, 1.54) is 12.1 Å². The average molecular weight is 532 g/mol. The van der Waals surface area contributed by atoms with Crippen LogP contribution in [-0.2, 0) is 9.53 Å². The Morgan fingerprint density at radius 1 is 1.27 bits per heavy atom. The second kappa shape index (κ2) is 14.5. The molecule has 0 radical (unpaired) electrons. The number of halogens is 3. The molecule has 2 rings (SSSR count). The fourth-order valence-corrected chi connectivity index (χ4v) is 4.17. The number of benzene rings is 1. The number of hydrogen-bond acceptors (Lipinski definition) is 6. The molecule has 0 aromatic heterocycles. The van der Waals surface area contributed by atoms with Crippen molar-refractivity contribution in [3.8, 4) is 5.75 Å². The molecule has 1 aliphatic heterocycles. The number of nitrogens with one attached hydrogen (secondary N) is 2. The molecule has 210 valence electrons. The number of rotatable bonds is 7. The Kier molecular flexibility index (Phi) is 12.1. The van der Waals surface area contributed by atoms with Crippen LogP contribution in [0.25, 0.3) is 0 Å². The number of nitrogens with zero attached hydrogens (tertiary/aromatic N) is 1. The Morgan fingerprint density at radius 3 is 2.65 bits per heavy atom. The van der Waals surface area contributed by atoms with Crippen LogP contribution < -0.4 is 15.4 Å². The highest BCUT2D eigenvalue weighted by atomic mass is 19.4. The summed E-state index contributed by atoms with van der Waals surface area (Å²) in [6, 6.07) is 3.96. The van der Waals surface area contributed by atoms with Crippen molar-refractivity contribution < 1.29 is 37.3 Å². The molecule has 8 nitrogen and oxygen atoms in total. The van der Waals surface area contributed by atoms with Crippen molar-refractivity contribution in [1.82, 2.24) is 10.2 Å². The highest BCUT2D eigenvalue weighted by Gasteiger charge is 2.30. The summed E-state index contributed by atoms with van der Waals surface area (Å²) >= 11 is 0. The molecule has 0 fully saturated rings. The van der Waals surface area contributed by atoms with E-state index in [9.17, 15) is 27.9 Å². The van der Waals surface area contributed by atoms with Crippen LogP contribution in [0.5, 0.6) is 5.75 Å². The van der Waals surface area contributed by atoms with Crippen molar-refractivity contribution in [2.75, 3.05) is 38.7 Å². The second-order valence-corrected chi connectivity index (χ2v) is 9.73. The van der Waals surface area contributed by atoms with Crippen LogP contribution in [0.1, 0.15) is 63.2 Å². The van der Waals surface area contributed by atoms with Crippen LogP contribution in [0.2, 0.25) is 0 Å². The third kappa shape index (κ3) is 10.1. The van der Waals surface area contributed by atoms with Gasteiger partial charge >= 0.3 is 6.18 Å². The Bertz CT molecular complexity index is 884. The molecule has 2 amide bonds. The van der Waals surface area contributed by atoms with E-state index >= 15 is 0 Å². The number of aliphatic hydroxyl groups excluding tert-OH is 1. The monoisotopic (exact) mass is 531 g/mol. The Morgan fingerprint density at radius 2 is 2.00 bits per heavy atom. The lowest BCUT2D eigenvalue weighted by Gasteiger charge is -2.34. The minimum atomic E-state index is -4.44. The number of carbonyl (C=O) groups is 2. The molecule has 1 aromatic rings. The predicted octanol–water partition coefficient (Wildman–Crippen LogP) is 3.98. The molecule has 4 atom stereocenters. The van der Waals surface area contributed by atoms with E-state index in [2.05, 4.69) is 10.6 Å². The Hall–Kier alpha value is -2.37. The molecule has 0 saturated carbocycles. The lowest BCUT2D eigenvalue weighted by Crippen LogP contribution is -2.47. The summed E-state index contributed by atoms with van der Waals surface area (Å²) in [6.45, 7) is 6.82. The van der Waals surface area contributed by atoms with Gasteiger partial charge in [0.25, 0.3) is 5.91 Å². The first-order chi connectivity index (χ1) is 17.4. The smallest absolute Gasteiger partial charge is 0.389 e. The maximum atomic E-state index is 13.8. The van der Waals surface area contributed by atoms with E-state index in [4.69, 9.17) is 9.47 Å². The van der Waals surface area contributed by atoms with Gasteiger partial charge in [0, 0.05) is 37.7 Å². The highest BCUT2D eigenvalue weighted by molar-refractivity contribution is 5.99. The number of carbonyl (C=O) groups excluding carboxylic acids is 2. The van der Waals surface area contributed by atoms with Gasteiger partial charge in [-0.3, -0.25) is 9.59 Å². The summed E-state index contributed by atoms with van der Waals surface area (Å²) < 4.78 is 49.8. The maximum absolute atomic E-state index is 13.8. The number of alkyl halides is 3. The average Bonchev–Trinajstić information content (AvgIpc) is 2.84. The van der Waals surface area contributed by atoms with E-state index in [-0.39, 0.29) is 36.0 Å². The van der Waals surface area contributed by atoms with Gasteiger partial charge in [-0.2, -0.15) is 13.2 Å². The van der Waals surface area contributed by atoms with E-state index in [1.54, 1.807) is 17.9 Å². The number of aliphatic hydroxyl groups is 1. The minimum Gasteiger partial charge on any atom is -0.490 e. The number of fused-ring (bicyclic) bond motifs is 1. The lowest BCUT2D eigenvalue weighted by molar-refractivity contribution is -0.142. The minimum absolute atomic E-state index is 0.0677. The standard InChI is InChI=1S/C26H40F3N3O5/c1-17-15-32(18(2)16-33)25(35)21-13-20(31-24(34)10-11-26(27,28)29)8-9-22(21)37-19(3)7-5-6-12-36-23(17)14-30-4/h8-9,13,17-19,23,30,33H,5-7,10-12,14-16H2,1-4H3,(H,31,34)/t17-,18+,19+,23+/m1/s1. The SMILES string of the molecule is CNC[C@@H]1OCCCC[C@H](C)Oc2ccc(NC(=O)CCC(F)(F)F)cc2C(=O)N([C@@H](C)CO)C[C@H]1C. The number of amides is 2. The normalized spacial score (nSPS) is 23.0. The van der Waals surface area contributed by atoms with Gasteiger partial charge in [-0.25, -0.2) is 0 Å². The molecular formula is C26H40F3N3O5. The molecule has 37 heavy (non-hydrogen) atoms. The Labute approximate surface area is 216 Å². The fourth-order valence-electron chi connectivity index (χ4n) is 4.17. The van der Waals surface area contributed by atoms with Crippen LogP contribution in [-0.4, -0.2) is 79.6 Å². The predicted molar refractivity (Wildman–Crippen MR) is 135 cm³/mol. The molecule has 1 aliphatic rings. The molecule has 1 heterocycles. The first-order valence-corrected chi connectivity index (χ1v) is 12.8. The third-order valence-corrected chi connectivity index (χ3v) is 6.38. The zero-order valence-electron chi connectivity index (χ0n) is 22.1. The summed E-state index contributed by atoms with van der Waals surface area (Å²) in [4.78, 5) is 27.5. The van der Waals surface area contributed by atoms with Crippen molar-refractivity contribution in [3.05, 3.63) is 23.8 Å². The summed E-state index contributed by atoms with van der Waals surface area (Å²) in [5, 5.41) is 15.5. The van der Waals surface area contributed by atoms with Crippen molar-refractivity contribution in [2.45, 2.75) is 77.3 Å².